The van der Waals surface area contributed by atoms with Crippen molar-refractivity contribution in [3.8, 4) is 0 Å². The van der Waals surface area contributed by atoms with E-state index >= 15 is 0 Å². The van der Waals surface area contributed by atoms with Crippen LogP contribution in [0, 0.1) is 5.41 Å². The minimum Gasteiger partial charge on any atom is -0.296 e. The molecule has 0 aliphatic carbocycles. The highest BCUT2D eigenvalue weighted by molar-refractivity contribution is 9.10. The molecule has 0 amide bonds. The summed E-state index contributed by atoms with van der Waals surface area (Å²) in [5, 5.41) is 0. The number of rotatable bonds is 1. The Morgan fingerprint density at radius 2 is 1.89 bits per heavy atom. The fourth-order valence-electron chi connectivity index (χ4n) is 0.327. The highest BCUT2D eigenvalue weighted by atomic mass is 79.9. The lowest BCUT2D eigenvalue weighted by Gasteiger charge is -2.16. The van der Waals surface area contributed by atoms with Crippen LogP contribution in [0.25, 0.3) is 0 Å². The largest absolute Gasteiger partial charge is 0.296 e. The Labute approximate surface area is 68.9 Å². The van der Waals surface area contributed by atoms with Crippen molar-refractivity contribution >= 4 is 33.3 Å². The molecule has 0 N–H and O–H groups in total. The van der Waals surface area contributed by atoms with Crippen LogP contribution in [0.4, 0.5) is 0 Å². The Balaban J connectivity index is 4.06. The fourth-order valence-corrected chi connectivity index (χ4v) is 1.34. The van der Waals surface area contributed by atoms with Gasteiger partial charge in [-0.05, 0) is 0 Å². The number of carbonyl (C=O) groups excluding carboxylic acids is 1. The van der Waals surface area contributed by atoms with Crippen molar-refractivity contribution in [2.45, 2.75) is 25.1 Å². The van der Waals surface area contributed by atoms with Crippen LogP contribution in [0.15, 0.2) is 0 Å². The van der Waals surface area contributed by atoms with Gasteiger partial charge in [-0.25, -0.2) is 0 Å². The van der Waals surface area contributed by atoms with Crippen molar-refractivity contribution in [2.75, 3.05) is 0 Å². The summed E-state index contributed by atoms with van der Waals surface area (Å²) < 4.78 is -0.544. The molecule has 3 heteroatoms. The summed E-state index contributed by atoms with van der Waals surface area (Å²) in [7, 11) is 0. The van der Waals surface area contributed by atoms with Gasteiger partial charge in [0.15, 0.2) is 5.78 Å². The highest BCUT2D eigenvalue weighted by Crippen LogP contribution is 2.22. The zero-order chi connectivity index (χ0) is 7.65. The van der Waals surface area contributed by atoms with Crippen molar-refractivity contribution in [2.24, 2.45) is 5.41 Å². The first-order valence-corrected chi connectivity index (χ1v) is 4.03. The molecule has 0 aromatic heterocycles. The van der Waals surface area contributed by atoms with Crippen molar-refractivity contribution in [1.82, 2.24) is 0 Å². The Kier molecular flexibility index (Phi) is 3.17. The van der Waals surface area contributed by atoms with Crippen LogP contribution in [-0.4, -0.2) is 10.1 Å². The van der Waals surface area contributed by atoms with Crippen LogP contribution in [-0.2, 0) is 4.79 Å². The van der Waals surface area contributed by atoms with Crippen molar-refractivity contribution in [1.29, 1.82) is 0 Å². The second-order valence-corrected chi connectivity index (χ2v) is 4.79. The molecule has 54 valence electrons. The summed E-state index contributed by atoms with van der Waals surface area (Å²) in [4.78, 5) is 11.0. The minimum absolute atomic E-state index is 0.0177. The fraction of sp³-hybridized carbons (Fsp3) is 0.833. The second kappa shape index (κ2) is 3.02. The summed E-state index contributed by atoms with van der Waals surface area (Å²) in [6.45, 7) is 5.52. The van der Waals surface area contributed by atoms with Crippen LogP contribution in [0.1, 0.15) is 20.8 Å². The number of hydrogen-bond acceptors (Lipinski definition) is 1. The molecule has 0 heterocycles. The van der Waals surface area contributed by atoms with E-state index in [-0.39, 0.29) is 11.2 Å². The monoisotopic (exact) mass is 212 g/mol. The Hall–Kier alpha value is 0.440. The number of hydrogen-bond donors (Lipinski definition) is 0. The van der Waals surface area contributed by atoms with E-state index in [1.165, 1.54) is 0 Å². The summed E-state index contributed by atoms with van der Waals surface area (Å²) in [5.74, 6) is 0.0177. The normalized spacial score (nSPS) is 15.2. The Bertz CT molecular complexity index is 115. The molecule has 1 unspecified atom stereocenters. The predicted octanol–water partition coefficient (Wildman–Crippen LogP) is 2.56. The molecule has 1 atom stereocenters. The first kappa shape index (κ1) is 9.44. The van der Waals surface area contributed by atoms with Crippen LogP contribution in [0.5, 0.6) is 0 Å². The number of carbonyl (C=O) groups is 1. The number of alkyl halides is 2. The lowest BCUT2D eigenvalue weighted by atomic mass is 9.92. The molecule has 0 aromatic carbocycles. The van der Waals surface area contributed by atoms with E-state index in [0.717, 1.165) is 0 Å². The number of Topliss-reactive ketones (excluding diaryl/α,β-unsaturated/α-hetero) is 1. The molecule has 0 fully saturated rings. The maximum absolute atomic E-state index is 11.0. The van der Waals surface area contributed by atoms with Gasteiger partial charge in [0.2, 0.25) is 0 Å². The quantitative estimate of drug-likeness (QED) is 0.612. The SMILES string of the molecule is CC(C)(C)C(=O)C(Cl)Br. The maximum atomic E-state index is 11.0. The molecular weight excluding hydrogens is 203 g/mol. The minimum atomic E-state index is -0.544. The van der Waals surface area contributed by atoms with Gasteiger partial charge in [-0.1, -0.05) is 36.7 Å². The average Bonchev–Trinajstić information content (AvgIpc) is 1.62. The van der Waals surface area contributed by atoms with Gasteiger partial charge in [0, 0.05) is 5.41 Å². The third kappa shape index (κ3) is 3.21. The Morgan fingerprint density at radius 3 is 1.89 bits per heavy atom. The number of ketones is 1. The van der Waals surface area contributed by atoms with E-state index in [9.17, 15) is 4.79 Å². The van der Waals surface area contributed by atoms with E-state index in [2.05, 4.69) is 15.9 Å². The molecule has 1 nitrogen and oxygen atoms in total. The molecular formula is C6H10BrClO. The summed E-state index contributed by atoms with van der Waals surface area (Å²) in [5.41, 5.74) is -0.337. The summed E-state index contributed by atoms with van der Waals surface area (Å²) >= 11 is 8.47. The predicted molar refractivity (Wildman–Crippen MR) is 43.0 cm³/mol. The average molecular weight is 214 g/mol. The Morgan fingerprint density at radius 1 is 1.56 bits per heavy atom. The van der Waals surface area contributed by atoms with Gasteiger partial charge < -0.3 is 0 Å². The van der Waals surface area contributed by atoms with E-state index in [1.807, 2.05) is 20.8 Å². The van der Waals surface area contributed by atoms with Crippen LogP contribution in [0.3, 0.4) is 0 Å². The van der Waals surface area contributed by atoms with Gasteiger partial charge in [-0.3, -0.25) is 4.79 Å². The van der Waals surface area contributed by atoms with E-state index < -0.39 is 4.29 Å². The van der Waals surface area contributed by atoms with Gasteiger partial charge in [-0.2, -0.15) is 0 Å². The molecule has 0 rings (SSSR count). The molecule has 0 aliphatic rings. The third-order valence-corrected chi connectivity index (χ3v) is 1.55. The van der Waals surface area contributed by atoms with Gasteiger partial charge in [0.05, 0.1) is 0 Å². The highest BCUT2D eigenvalue weighted by Gasteiger charge is 2.25. The van der Waals surface area contributed by atoms with Crippen LogP contribution >= 0.6 is 27.5 Å². The molecule has 0 bridgehead atoms. The summed E-state index contributed by atoms with van der Waals surface area (Å²) in [6, 6.07) is 0. The van der Waals surface area contributed by atoms with Gasteiger partial charge >= 0.3 is 0 Å². The van der Waals surface area contributed by atoms with Gasteiger partial charge in [0.1, 0.15) is 4.29 Å². The van der Waals surface area contributed by atoms with Crippen molar-refractivity contribution < 1.29 is 4.79 Å². The van der Waals surface area contributed by atoms with Crippen molar-refractivity contribution in [3.63, 3.8) is 0 Å². The number of halogens is 2. The zero-order valence-electron chi connectivity index (χ0n) is 5.74. The zero-order valence-corrected chi connectivity index (χ0v) is 8.08. The van der Waals surface area contributed by atoms with Gasteiger partial charge in [0.25, 0.3) is 0 Å². The molecule has 9 heavy (non-hydrogen) atoms. The second-order valence-electron chi connectivity index (χ2n) is 2.91. The van der Waals surface area contributed by atoms with Gasteiger partial charge in [-0.15, -0.1) is 11.6 Å². The van der Waals surface area contributed by atoms with Crippen molar-refractivity contribution in [3.05, 3.63) is 0 Å². The molecule has 0 saturated carbocycles. The third-order valence-electron chi connectivity index (χ3n) is 0.937. The molecule has 0 aromatic rings. The molecule has 0 radical (unpaired) electrons. The van der Waals surface area contributed by atoms with E-state index in [0.29, 0.717) is 0 Å². The molecule has 0 saturated heterocycles. The standard InChI is InChI=1S/C6H10BrClO/c1-6(2,3)4(9)5(7)8/h5H,1-3H3. The molecule has 0 aliphatic heterocycles. The lowest BCUT2D eigenvalue weighted by Crippen LogP contribution is -2.25. The van der Waals surface area contributed by atoms with Crippen LogP contribution < -0.4 is 0 Å². The van der Waals surface area contributed by atoms with E-state index in [1.54, 1.807) is 0 Å². The van der Waals surface area contributed by atoms with Crippen LogP contribution in [0.2, 0.25) is 0 Å². The molecule has 0 spiro atoms. The topological polar surface area (TPSA) is 17.1 Å². The first-order valence-electron chi connectivity index (χ1n) is 2.68. The lowest BCUT2D eigenvalue weighted by molar-refractivity contribution is -0.124. The van der Waals surface area contributed by atoms with E-state index in [4.69, 9.17) is 11.6 Å². The maximum Gasteiger partial charge on any atom is 0.166 e. The summed E-state index contributed by atoms with van der Waals surface area (Å²) in [6.07, 6.45) is 0. The smallest absolute Gasteiger partial charge is 0.166 e. The first-order chi connectivity index (χ1) is 3.85.